The van der Waals surface area contributed by atoms with E-state index in [1.54, 1.807) is 0 Å². The van der Waals surface area contributed by atoms with Crippen molar-refractivity contribution in [1.82, 2.24) is 14.9 Å². The summed E-state index contributed by atoms with van der Waals surface area (Å²) in [4.78, 5) is 20.0. The smallest absolute Gasteiger partial charge is 0.329 e. The fourth-order valence-electron chi connectivity index (χ4n) is 2.09. The van der Waals surface area contributed by atoms with Crippen molar-refractivity contribution in [3.63, 3.8) is 0 Å². The van der Waals surface area contributed by atoms with Crippen LogP contribution in [0.4, 0.5) is 17.5 Å². The topological polar surface area (TPSA) is 110 Å². The van der Waals surface area contributed by atoms with E-state index in [4.69, 9.17) is 5.73 Å². The van der Waals surface area contributed by atoms with Crippen LogP contribution in [0.25, 0.3) is 0 Å². The molecule has 2 rings (SSSR count). The van der Waals surface area contributed by atoms with Crippen molar-refractivity contribution in [1.29, 1.82) is 0 Å². The zero-order valence-electron chi connectivity index (χ0n) is 10.2. The molecule has 1 unspecified atom stereocenters. The molecule has 1 aliphatic rings. The zero-order chi connectivity index (χ0) is 13.1. The maximum absolute atomic E-state index is 10.8. The van der Waals surface area contributed by atoms with Gasteiger partial charge in [0.2, 0.25) is 11.8 Å². The lowest BCUT2D eigenvalue weighted by Gasteiger charge is -2.12. The van der Waals surface area contributed by atoms with E-state index in [0.717, 1.165) is 25.7 Å². The highest BCUT2D eigenvalue weighted by Gasteiger charge is 2.22. The van der Waals surface area contributed by atoms with E-state index in [-0.39, 0.29) is 17.5 Å². The summed E-state index contributed by atoms with van der Waals surface area (Å²) in [5, 5.41) is 13.8. The average Bonchev–Trinajstić information content (AvgIpc) is 2.72. The lowest BCUT2D eigenvalue weighted by molar-refractivity contribution is -0.384. The van der Waals surface area contributed by atoms with Gasteiger partial charge in [-0.25, -0.2) is 4.98 Å². The van der Waals surface area contributed by atoms with Gasteiger partial charge in [-0.2, -0.15) is 4.98 Å². The third kappa shape index (κ3) is 2.83. The predicted octanol–water partition coefficient (Wildman–Crippen LogP) is 0.331. The van der Waals surface area contributed by atoms with E-state index < -0.39 is 4.92 Å². The number of rotatable bonds is 4. The third-order valence-corrected chi connectivity index (χ3v) is 3.03. The fourth-order valence-corrected chi connectivity index (χ4v) is 2.09. The Morgan fingerprint density at radius 3 is 3.11 bits per heavy atom. The van der Waals surface area contributed by atoms with Gasteiger partial charge in [-0.3, -0.25) is 10.1 Å². The number of hydrogen-bond acceptors (Lipinski definition) is 7. The Balaban J connectivity index is 2.04. The lowest BCUT2D eigenvalue weighted by Crippen LogP contribution is -2.20. The first-order valence-electron chi connectivity index (χ1n) is 5.75. The van der Waals surface area contributed by atoms with Gasteiger partial charge in [0.05, 0.1) is 4.92 Å². The minimum atomic E-state index is -0.511. The second-order valence-corrected chi connectivity index (χ2v) is 4.52. The molecule has 1 aromatic rings. The van der Waals surface area contributed by atoms with Crippen molar-refractivity contribution < 1.29 is 4.92 Å². The van der Waals surface area contributed by atoms with E-state index in [1.165, 1.54) is 0 Å². The second kappa shape index (κ2) is 5.13. The Morgan fingerprint density at radius 2 is 2.50 bits per heavy atom. The van der Waals surface area contributed by atoms with Gasteiger partial charge in [0, 0.05) is 13.1 Å². The number of aromatic nitrogens is 2. The number of nitrogens with two attached hydrogens (primary N) is 1. The second-order valence-electron chi connectivity index (χ2n) is 4.52. The Labute approximate surface area is 104 Å². The van der Waals surface area contributed by atoms with Crippen LogP contribution in [0.2, 0.25) is 0 Å². The lowest BCUT2D eigenvalue weighted by atomic mass is 10.1. The first-order valence-corrected chi connectivity index (χ1v) is 5.75. The summed E-state index contributed by atoms with van der Waals surface area (Å²) in [6.07, 6.45) is 2.21. The molecular formula is C10H16N6O2. The molecule has 8 nitrogen and oxygen atoms in total. The normalized spacial score (nSPS) is 19.9. The van der Waals surface area contributed by atoms with Gasteiger partial charge in [0.1, 0.15) is 6.20 Å². The van der Waals surface area contributed by atoms with Crippen LogP contribution in [0.1, 0.15) is 6.42 Å². The van der Waals surface area contributed by atoms with Crippen molar-refractivity contribution in [2.75, 3.05) is 37.7 Å². The van der Waals surface area contributed by atoms with E-state index in [9.17, 15) is 10.1 Å². The number of hydrogen-bond donors (Lipinski definition) is 2. The summed E-state index contributed by atoms with van der Waals surface area (Å²) in [6.45, 7) is 2.70. The maximum atomic E-state index is 10.8. The Kier molecular flexibility index (Phi) is 3.56. The van der Waals surface area contributed by atoms with Gasteiger partial charge in [-0.05, 0) is 25.9 Å². The first kappa shape index (κ1) is 12.5. The third-order valence-electron chi connectivity index (χ3n) is 3.03. The minimum absolute atomic E-state index is 0.0339. The molecule has 8 heteroatoms. The van der Waals surface area contributed by atoms with Crippen molar-refractivity contribution in [3.8, 4) is 0 Å². The molecule has 1 saturated heterocycles. The van der Waals surface area contributed by atoms with Crippen LogP contribution < -0.4 is 11.1 Å². The van der Waals surface area contributed by atoms with E-state index >= 15 is 0 Å². The SMILES string of the molecule is CN1CCC(CNc2nc(N)ncc2[N+](=O)[O-])C1. The van der Waals surface area contributed by atoms with Gasteiger partial charge in [-0.1, -0.05) is 0 Å². The van der Waals surface area contributed by atoms with Crippen LogP contribution >= 0.6 is 0 Å². The molecule has 1 atom stereocenters. The number of nitrogen functional groups attached to an aromatic ring is 1. The van der Waals surface area contributed by atoms with Gasteiger partial charge >= 0.3 is 5.69 Å². The highest BCUT2D eigenvalue weighted by atomic mass is 16.6. The molecule has 98 valence electrons. The summed E-state index contributed by atoms with van der Waals surface area (Å²) >= 11 is 0. The standard InChI is InChI=1S/C10H16N6O2/c1-15-3-2-7(6-15)4-12-9-8(16(17)18)5-13-10(11)14-9/h5,7H,2-4,6H2,1H3,(H3,11,12,13,14). The Morgan fingerprint density at radius 1 is 1.72 bits per heavy atom. The van der Waals surface area contributed by atoms with E-state index in [1.807, 2.05) is 0 Å². The highest BCUT2D eigenvalue weighted by molar-refractivity contribution is 5.56. The summed E-state index contributed by atoms with van der Waals surface area (Å²) in [7, 11) is 2.06. The summed E-state index contributed by atoms with van der Waals surface area (Å²) in [5.74, 6) is 0.708. The molecule has 0 saturated carbocycles. The molecule has 1 fully saturated rings. The molecule has 1 aliphatic heterocycles. The van der Waals surface area contributed by atoms with Crippen LogP contribution in [0.5, 0.6) is 0 Å². The van der Waals surface area contributed by atoms with Crippen LogP contribution in [0.3, 0.4) is 0 Å². The van der Waals surface area contributed by atoms with Gasteiger partial charge in [0.25, 0.3) is 0 Å². The molecule has 0 aliphatic carbocycles. The number of likely N-dealkylation sites (tertiary alicyclic amines) is 1. The van der Waals surface area contributed by atoms with Crippen LogP contribution in [-0.4, -0.2) is 46.5 Å². The van der Waals surface area contributed by atoms with Crippen LogP contribution in [-0.2, 0) is 0 Å². The molecule has 18 heavy (non-hydrogen) atoms. The number of nitrogens with one attached hydrogen (secondary N) is 1. The first-order chi connectivity index (χ1) is 8.56. The monoisotopic (exact) mass is 252 g/mol. The zero-order valence-corrected chi connectivity index (χ0v) is 10.2. The Hall–Kier alpha value is -1.96. The molecule has 0 bridgehead atoms. The molecule has 1 aromatic heterocycles. The summed E-state index contributed by atoms with van der Waals surface area (Å²) in [6, 6.07) is 0. The molecule has 3 N–H and O–H groups in total. The van der Waals surface area contributed by atoms with E-state index in [0.29, 0.717) is 12.5 Å². The van der Waals surface area contributed by atoms with Gasteiger partial charge in [-0.15, -0.1) is 0 Å². The number of nitrogens with zero attached hydrogens (tertiary/aromatic N) is 4. The molecule has 0 amide bonds. The highest BCUT2D eigenvalue weighted by Crippen LogP contribution is 2.22. The van der Waals surface area contributed by atoms with Gasteiger partial charge in [0.15, 0.2) is 0 Å². The molecular weight excluding hydrogens is 236 g/mol. The maximum Gasteiger partial charge on any atom is 0.329 e. The minimum Gasteiger partial charge on any atom is -0.368 e. The van der Waals surface area contributed by atoms with E-state index in [2.05, 4.69) is 27.2 Å². The fraction of sp³-hybridized carbons (Fsp3) is 0.600. The molecule has 2 heterocycles. The van der Waals surface area contributed by atoms with Crippen molar-refractivity contribution >= 4 is 17.5 Å². The molecule has 0 aromatic carbocycles. The Bertz CT molecular complexity index is 452. The largest absolute Gasteiger partial charge is 0.368 e. The van der Waals surface area contributed by atoms with Crippen LogP contribution in [0, 0.1) is 16.0 Å². The predicted molar refractivity (Wildman–Crippen MR) is 67.2 cm³/mol. The summed E-state index contributed by atoms with van der Waals surface area (Å²) < 4.78 is 0. The van der Waals surface area contributed by atoms with Crippen LogP contribution in [0.15, 0.2) is 6.20 Å². The van der Waals surface area contributed by atoms with Gasteiger partial charge < -0.3 is 16.0 Å². The number of nitro groups is 1. The average molecular weight is 252 g/mol. The molecule has 0 radical (unpaired) electrons. The van der Waals surface area contributed by atoms with Crippen molar-refractivity contribution in [2.24, 2.45) is 5.92 Å². The number of anilines is 2. The quantitative estimate of drug-likeness (QED) is 0.586. The van der Waals surface area contributed by atoms with Crippen molar-refractivity contribution in [3.05, 3.63) is 16.3 Å². The summed E-state index contributed by atoms with van der Waals surface area (Å²) in [5.41, 5.74) is 5.30. The van der Waals surface area contributed by atoms with Crippen molar-refractivity contribution in [2.45, 2.75) is 6.42 Å². The molecule has 0 spiro atoms.